The van der Waals surface area contributed by atoms with Gasteiger partial charge in [0.1, 0.15) is 23.6 Å². The number of aryl methyl sites for hydroxylation is 1. The van der Waals surface area contributed by atoms with E-state index in [1.54, 1.807) is 51.2 Å². The predicted molar refractivity (Wildman–Crippen MR) is 110 cm³/mol. The number of carbonyl (C=O) groups excluding carboxylic acids is 2. The van der Waals surface area contributed by atoms with E-state index < -0.39 is 34.7 Å². The summed E-state index contributed by atoms with van der Waals surface area (Å²) in [5, 5.41) is 18.3. The van der Waals surface area contributed by atoms with Crippen molar-refractivity contribution in [1.29, 1.82) is 10.7 Å². The monoisotopic (exact) mass is 420 g/mol. The smallest absolute Gasteiger partial charge is 0.326 e. The Morgan fingerprint density at radius 3 is 2.74 bits per heavy atom. The Balaban J connectivity index is 2.08. The van der Waals surface area contributed by atoms with Crippen LogP contribution in [-0.4, -0.2) is 35.5 Å². The number of hydrogen-bond acceptors (Lipinski definition) is 7. The minimum absolute atomic E-state index is 0.00745. The number of rotatable bonds is 3. The number of amides is 1. The first-order valence-electron chi connectivity index (χ1n) is 9.73. The standard InChI is InChI=1S/C22H20N4O5/c1-4-30-17(27)11-26-15-8-6-5-7-13(15)22(21(26)29)14(10-23)19(24)31-16-9-12(2)25(3)20(28)18(16)22/h5-9,14,24H,4,11H2,1-3H3. The van der Waals surface area contributed by atoms with E-state index in [1.807, 2.05) is 6.07 Å². The van der Waals surface area contributed by atoms with Crippen LogP contribution in [0.25, 0.3) is 0 Å². The minimum atomic E-state index is -1.80. The Bertz CT molecular complexity index is 1240. The van der Waals surface area contributed by atoms with E-state index in [9.17, 15) is 19.6 Å². The van der Waals surface area contributed by atoms with Gasteiger partial charge in [-0.2, -0.15) is 5.26 Å². The van der Waals surface area contributed by atoms with Crippen molar-refractivity contribution < 1.29 is 19.1 Å². The summed E-state index contributed by atoms with van der Waals surface area (Å²) in [6, 6.07) is 10.2. The highest BCUT2D eigenvalue weighted by atomic mass is 16.5. The van der Waals surface area contributed by atoms with Crippen LogP contribution < -0.4 is 15.2 Å². The molecule has 1 aromatic carbocycles. The molecule has 0 bridgehead atoms. The maximum Gasteiger partial charge on any atom is 0.326 e. The highest BCUT2D eigenvalue weighted by Crippen LogP contribution is 2.54. The highest BCUT2D eigenvalue weighted by Gasteiger charge is 2.63. The molecule has 0 saturated heterocycles. The molecule has 2 atom stereocenters. The van der Waals surface area contributed by atoms with Crippen LogP contribution >= 0.6 is 0 Å². The maximum absolute atomic E-state index is 14.0. The zero-order valence-corrected chi connectivity index (χ0v) is 17.3. The average molecular weight is 420 g/mol. The number of benzene rings is 1. The number of nitriles is 1. The zero-order valence-electron chi connectivity index (χ0n) is 17.3. The van der Waals surface area contributed by atoms with Gasteiger partial charge >= 0.3 is 5.97 Å². The first-order valence-corrected chi connectivity index (χ1v) is 9.73. The van der Waals surface area contributed by atoms with Crippen molar-refractivity contribution in [3.63, 3.8) is 0 Å². The number of ether oxygens (including phenoxy) is 2. The molecule has 0 aliphatic carbocycles. The van der Waals surface area contributed by atoms with E-state index in [0.717, 1.165) is 0 Å². The third-order valence-corrected chi connectivity index (χ3v) is 5.87. The van der Waals surface area contributed by atoms with Gasteiger partial charge in [0.25, 0.3) is 5.56 Å². The minimum Gasteiger partial charge on any atom is -0.465 e. The van der Waals surface area contributed by atoms with Gasteiger partial charge in [-0.25, -0.2) is 0 Å². The molecule has 9 nitrogen and oxygen atoms in total. The van der Waals surface area contributed by atoms with E-state index in [2.05, 4.69) is 0 Å². The largest absolute Gasteiger partial charge is 0.465 e. The van der Waals surface area contributed by atoms with Gasteiger partial charge < -0.3 is 14.0 Å². The summed E-state index contributed by atoms with van der Waals surface area (Å²) >= 11 is 0. The number of pyridine rings is 1. The van der Waals surface area contributed by atoms with E-state index in [1.165, 1.54) is 9.47 Å². The second-order valence-corrected chi connectivity index (χ2v) is 7.44. The van der Waals surface area contributed by atoms with Gasteiger partial charge in [0, 0.05) is 24.5 Å². The number of hydrogen-bond donors (Lipinski definition) is 1. The van der Waals surface area contributed by atoms with Crippen LogP contribution in [0.3, 0.4) is 0 Å². The number of nitrogens with one attached hydrogen (secondary N) is 1. The summed E-state index contributed by atoms with van der Waals surface area (Å²) in [5.74, 6) is -2.99. The summed E-state index contributed by atoms with van der Waals surface area (Å²) in [4.78, 5) is 40.8. The Labute approximate surface area is 177 Å². The lowest BCUT2D eigenvalue weighted by Crippen LogP contribution is -2.55. The summed E-state index contributed by atoms with van der Waals surface area (Å²) in [7, 11) is 1.56. The van der Waals surface area contributed by atoms with Crippen LogP contribution in [-0.2, 0) is 26.8 Å². The topological polar surface area (TPSA) is 125 Å². The van der Waals surface area contributed by atoms with Crippen LogP contribution in [0.2, 0.25) is 0 Å². The van der Waals surface area contributed by atoms with Crippen LogP contribution in [0.15, 0.2) is 35.1 Å². The van der Waals surface area contributed by atoms with Crippen molar-refractivity contribution in [3.05, 3.63) is 57.5 Å². The van der Waals surface area contributed by atoms with Crippen LogP contribution in [0.5, 0.6) is 5.75 Å². The second kappa shape index (κ2) is 7.09. The fourth-order valence-electron chi connectivity index (χ4n) is 4.40. The van der Waals surface area contributed by atoms with E-state index in [-0.39, 0.29) is 24.5 Å². The number of nitrogens with zero attached hydrogens (tertiary/aromatic N) is 3. The maximum atomic E-state index is 14.0. The van der Waals surface area contributed by atoms with Crippen LogP contribution in [0.4, 0.5) is 5.69 Å². The van der Waals surface area contributed by atoms with Gasteiger partial charge in [-0.1, -0.05) is 18.2 Å². The molecule has 2 aliphatic rings. The van der Waals surface area contributed by atoms with Crippen molar-refractivity contribution in [2.24, 2.45) is 13.0 Å². The SMILES string of the molecule is CCOC(=O)CN1C(=O)C2(c3ccccc31)c1c(cc(C)n(C)c1=O)OC(=N)C2C#N. The van der Waals surface area contributed by atoms with Gasteiger partial charge in [-0.15, -0.1) is 0 Å². The molecule has 0 saturated carbocycles. The number of para-hydroxylation sites is 1. The molecule has 1 amide bonds. The molecule has 3 heterocycles. The molecule has 2 unspecified atom stereocenters. The molecule has 0 radical (unpaired) electrons. The lowest BCUT2D eigenvalue weighted by Gasteiger charge is -2.37. The zero-order chi connectivity index (χ0) is 22.5. The normalized spacial score (nSPS) is 21.4. The number of anilines is 1. The third-order valence-electron chi connectivity index (χ3n) is 5.87. The molecule has 31 heavy (non-hydrogen) atoms. The van der Waals surface area contributed by atoms with Crippen molar-refractivity contribution >= 4 is 23.5 Å². The fraction of sp³-hybridized carbons (Fsp3) is 0.318. The van der Waals surface area contributed by atoms with Gasteiger partial charge in [0.2, 0.25) is 11.8 Å². The predicted octanol–water partition coefficient (Wildman–Crippen LogP) is 1.40. The molecular weight excluding hydrogens is 400 g/mol. The number of esters is 1. The van der Waals surface area contributed by atoms with Gasteiger partial charge in [-0.05, 0) is 25.5 Å². The van der Waals surface area contributed by atoms with E-state index in [0.29, 0.717) is 16.9 Å². The van der Waals surface area contributed by atoms with Crippen LogP contribution in [0, 0.1) is 29.6 Å². The molecule has 4 rings (SSSR count). The molecular formula is C22H20N4O5. The number of fused-ring (bicyclic) bond motifs is 4. The number of aromatic nitrogens is 1. The average Bonchev–Trinajstić information content (AvgIpc) is 2.96. The van der Waals surface area contributed by atoms with Crippen molar-refractivity contribution in [1.82, 2.24) is 4.57 Å². The molecule has 2 aromatic rings. The first-order chi connectivity index (χ1) is 14.8. The van der Waals surface area contributed by atoms with E-state index in [4.69, 9.17) is 14.9 Å². The second-order valence-electron chi connectivity index (χ2n) is 7.44. The summed E-state index contributed by atoms with van der Waals surface area (Å²) in [6.07, 6.45) is 0. The third kappa shape index (κ3) is 2.61. The summed E-state index contributed by atoms with van der Waals surface area (Å²) in [5.41, 5.74) is -0.958. The van der Waals surface area contributed by atoms with Crippen molar-refractivity contribution in [2.75, 3.05) is 18.1 Å². The lowest BCUT2D eigenvalue weighted by molar-refractivity contribution is -0.142. The Morgan fingerprint density at radius 2 is 2.06 bits per heavy atom. The molecule has 0 fully saturated rings. The van der Waals surface area contributed by atoms with Crippen LogP contribution in [0.1, 0.15) is 23.7 Å². The molecule has 158 valence electrons. The van der Waals surface area contributed by atoms with Gasteiger partial charge in [-0.3, -0.25) is 24.7 Å². The van der Waals surface area contributed by atoms with Gasteiger partial charge in [0.15, 0.2) is 0 Å². The van der Waals surface area contributed by atoms with Crippen molar-refractivity contribution in [2.45, 2.75) is 19.3 Å². The summed E-state index contributed by atoms with van der Waals surface area (Å²) in [6.45, 7) is 3.14. The Morgan fingerprint density at radius 1 is 1.35 bits per heavy atom. The van der Waals surface area contributed by atoms with Gasteiger partial charge in [0.05, 0.1) is 18.2 Å². The first kappa shape index (κ1) is 20.3. The highest BCUT2D eigenvalue weighted by molar-refractivity contribution is 6.16. The Hall–Kier alpha value is -3.93. The molecule has 1 N–H and O–H groups in total. The lowest BCUT2D eigenvalue weighted by atomic mass is 9.65. The Kier molecular flexibility index (Phi) is 4.65. The summed E-state index contributed by atoms with van der Waals surface area (Å²) < 4.78 is 11.9. The molecule has 9 heteroatoms. The van der Waals surface area contributed by atoms with Crippen molar-refractivity contribution in [3.8, 4) is 11.8 Å². The number of carbonyl (C=O) groups is 2. The fourth-order valence-corrected chi connectivity index (χ4v) is 4.40. The molecule has 2 aliphatic heterocycles. The molecule has 1 spiro atoms. The quantitative estimate of drug-likeness (QED) is 0.748. The van der Waals surface area contributed by atoms with E-state index >= 15 is 0 Å². The molecule has 1 aromatic heterocycles.